The zero-order valence-electron chi connectivity index (χ0n) is 14.2. The van der Waals surface area contributed by atoms with E-state index in [1.165, 1.54) is 11.9 Å². The fraction of sp³-hybridized carbons (Fsp3) is 0.263. The van der Waals surface area contributed by atoms with Crippen LogP contribution in [0.2, 0.25) is 0 Å². The van der Waals surface area contributed by atoms with E-state index in [1.54, 1.807) is 30.3 Å². The van der Waals surface area contributed by atoms with Gasteiger partial charge in [-0.05, 0) is 24.3 Å². The molecule has 4 rings (SSSR count). The van der Waals surface area contributed by atoms with Gasteiger partial charge in [-0.2, -0.15) is 0 Å². The van der Waals surface area contributed by atoms with Crippen LogP contribution in [0.25, 0.3) is 0 Å². The van der Waals surface area contributed by atoms with Crippen molar-refractivity contribution in [3.63, 3.8) is 0 Å². The highest BCUT2D eigenvalue weighted by Gasteiger charge is 2.38. The molecule has 2 aliphatic heterocycles. The molecule has 134 valence electrons. The Morgan fingerprint density at radius 1 is 0.962 bits per heavy atom. The molecule has 7 heteroatoms. The number of hydrogen-bond donors (Lipinski definition) is 1. The van der Waals surface area contributed by atoms with Crippen LogP contribution in [0.4, 0.5) is 5.69 Å². The Morgan fingerprint density at radius 2 is 1.62 bits per heavy atom. The Hall–Kier alpha value is -3.22. The summed E-state index contributed by atoms with van der Waals surface area (Å²) in [5.41, 5.74) is 0.611. The Morgan fingerprint density at radius 3 is 2.38 bits per heavy atom. The smallest absolute Gasteiger partial charge is 0.271 e. The number of nitrogens with one attached hydrogen (secondary N) is 1. The maximum absolute atomic E-state index is 13.1. The highest BCUT2D eigenvalue weighted by atomic mass is 16.6. The van der Waals surface area contributed by atoms with Gasteiger partial charge in [0.2, 0.25) is 6.10 Å². The van der Waals surface area contributed by atoms with E-state index in [0.717, 1.165) is 0 Å². The first-order valence-electron chi connectivity index (χ1n) is 8.34. The molecule has 2 heterocycles. The first-order chi connectivity index (χ1) is 12.7. The van der Waals surface area contributed by atoms with E-state index < -0.39 is 12.2 Å². The van der Waals surface area contributed by atoms with Crippen molar-refractivity contribution in [2.24, 2.45) is 0 Å². The van der Waals surface area contributed by atoms with Crippen molar-refractivity contribution in [2.75, 3.05) is 25.1 Å². The van der Waals surface area contributed by atoms with Crippen molar-refractivity contribution in [3.05, 3.63) is 48.5 Å². The summed E-state index contributed by atoms with van der Waals surface area (Å²) in [4.78, 5) is 26.7. The van der Waals surface area contributed by atoms with E-state index in [2.05, 4.69) is 5.32 Å². The second kappa shape index (κ2) is 6.59. The lowest BCUT2D eigenvalue weighted by molar-refractivity contribution is -0.130. The van der Waals surface area contributed by atoms with Crippen molar-refractivity contribution in [1.82, 2.24) is 5.32 Å². The van der Waals surface area contributed by atoms with Crippen LogP contribution in [-0.2, 0) is 9.59 Å². The summed E-state index contributed by atoms with van der Waals surface area (Å²) in [5, 5.41) is 2.56. The molecule has 2 aliphatic rings. The molecule has 2 amide bonds. The molecule has 2 aromatic rings. The monoisotopic (exact) mass is 354 g/mol. The van der Waals surface area contributed by atoms with E-state index in [4.69, 9.17) is 14.2 Å². The summed E-state index contributed by atoms with van der Waals surface area (Å²) >= 11 is 0. The number of likely N-dealkylation sites (N-methyl/N-ethyl adjacent to an activating group) is 1. The van der Waals surface area contributed by atoms with Crippen molar-refractivity contribution in [3.8, 4) is 17.2 Å². The van der Waals surface area contributed by atoms with Crippen LogP contribution in [0, 0.1) is 0 Å². The van der Waals surface area contributed by atoms with Crippen LogP contribution in [0.3, 0.4) is 0 Å². The number of carbonyl (C=O) groups is 2. The number of hydrogen-bond acceptors (Lipinski definition) is 5. The summed E-state index contributed by atoms with van der Waals surface area (Å²) in [5.74, 6) is 1.06. The molecule has 2 unspecified atom stereocenters. The molecule has 0 saturated carbocycles. The third-order valence-corrected chi connectivity index (χ3v) is 4.36. The Kier molecular flexibility index (Phi) is 4.12. The molecule has 2 atom stereocenters. The van der Waals surface area contributed by atoms with Crippen LogP contribution in [0.5, 0.6) is 17.2 Å². The number of para-hydroxylation sites is 4. The molecule has 26 heavy (non-hydrogen) atoms. The Balaban J connectivity index is 1.61. The Labute approximate surface area is 150 Å². The lowest BCUT2D eigenvalue weighted by atomic mass is 10.1. The summed E-state index contributed by atoms with van der Waals surface area (Å²) in [7, 11) is 1.54. The summed E-state index contributed by atoms with van der Waals surface area (Å²) in [6.07, 6.45) is -1.57. The molecule has 0 saturated heterocycles. The molecule has 0 bridgehead atoms. The van der Waals surface area contributed by atoms with Crippen molar-refractivity contribution < 1.29 is 23.8 Å². The second-order valence-corrected chi connectivity index (χ2v) is 6.00. The lowest BCUT2D eigenvalue weighted by Gasteiger charge is -2.36. The van der Waals surface area contributed by atoms with Crippen LogP contribution in [-0.4, -0.2) is 44.2 Å². The first kappa shape index (κ1) is 16.3. The molecule has 7 nitrogen and oxygen atoms in total. The van der Waals surface area contributed by atoms with Gasteiger partial charge in [0.25, 0.3) is 11.8 Å². The van der Waals surface area contributed by atoms with Gasteiger partial charge in [0.05, 0.1) is 12.2 Å². The molecule has 0 fully saturated rings. The second-order valence-electron chi connectivity index (χ2n) is 6.00. The van der Waals surface area contributed by atoms with Gasteiger partial charge in [-0.3, -0.25) is 9.59 Å². The molecule has 0 aliphatic carbocycles. The summed E-state index contributed by atoms with van der Waals surface area (Å²) in [6.45, 7) is 0.219. The Bertz CT molecular complexity index is 853. The van der Waals surface area contributed by atoms with Gasteiger partial charge in [-0.25, -0.2) is 0 Å². The van der Waals surface area contributed by atoms with E-state index in [9.17, 15) is 9.59 Å². The highest BCUT2D eigenvalue weighted by molar-refractivity contribution is 6.00. The maximum Gasteiger partial charge on any atom is 0.271 e. The number of anilines is 1. The quantitative estimate of drug-likeness (QED) is 0.881. The van der Waals surface area contributed by atoms with E-state index >= 15 is 0 Å². The number of ether oxygens (including phenoxy) is 3. The molecular formula is C19H18N2O5. The van der Waals surface area contributed by atoms with Crippen molar-refractivity contribution in [2.45, 2.75) is 12.2 Å². The van der Waals surface area contributed by atoms with Crippen molar-refractivity contribution in [1.29, 1.82) is 0 Å². The maximum atomic E-state index is 13.1. The van der Waals surface area contributed by atoms with Gasteiger partial charge in [-0.1, -0.05) is 24.3 Å². The normalized spacial score (nSPS) is 20.6. The number of nitrogens with zero attached hydrogens (tertiary/aromatic N) is 1. The average Bonchev–Trinajstić information content (AvgIpc) is 2.71. The topological polar surface area (TPSA) is 77.1 Å². The zero-order valence-corrected chi connectivity index (χ0v) is 14.2. The SMILES string of the molecule is CNC(=O)C1CN(C(=O)C2COc3ccccc3O2)c2ccccc2O1. The molecule has 1 N–H and O–H groups in total. The van der Waals surface area contributed by atoms with Gasteiger partial charge >= 0.3 is 0 Å². The van der Waals surface area contributed by atoms with Crippen LogP contribution < -0.4 is 24.4 Å². The number of fused-ring (bicyclic) bond motifs is 2. The van der Waals surface area contributed by atoms with Gasteiger partial charge in [0.1, 0.15) is 12.4 Å². The molecular weight excluding hydrogens is 336 g/mol. The molecule has 0 aromatic heterocycles. The van der Waals surface area contributed by atoms with Crippen LogP contribution >= 0.6 is 0 Å². The van der Waals surface area contributed by atoms with E-state index in [-0.39, 0.29) is 25.0 Å². The fourth-order valence-electron chi connectivity index (χ4n) is 3.06. The lowest BCUT2D eigenvalue weighted by Crippen LogP contribution is -2.54. The fourth-order valence-corrected chi connectivity index (χ4v) is 3.06. The van der Waals surface area contributed by atoms with E-state index in [0.29, 0.717) is 22.9 Å². The number of carbonyl (C=O) groups excluding carboxylic acids is 2. The summed E-state index contributed by atoms with van der Waals surface area (Å²) < 4.78 is 17.2. The first-order valence-corrected chi connectivity index (χ1v) is 8.34. The molecule has 0 spiro atoms. The zero-order chi connectivity index (χ0) is 18.1. The third-order valence-electron chi connectivity index (χ3n) is 4.36. The summed E-state index contributed by atoms with van der Waals surface area (Å²) in [6, 6.07) is 14.3. The van der Waals surface area contributed by atoms with Gasteiger partial charge in [0.15, 0.2) is 17.6 Å². The number of benzene rings is 2. The largest absolute Gasteiger partial charge is 0.485 e. The minimum absolute atomic E-state index is 0.108. The van der Waals surface area contributed by atoms with Gasteiger partial charge in [0, 0.05) is 7.05 Å². The van der Waals surface area contributed by atoms with Crippen molar-refractivity contribution >= 4 is 17.5 Å². The predicted octanol–water partition coefficient (Wildman–Crippen LogP) is 1.37. The third kappa shape index (κ3) is 2.81. The van der Waals surface area contributed by atoms with E-state index in [1.807, 2.05) is 18.2 Å². The number of amides is 2. The van der Waals surface area contributed by atoms with Crippen LogP contribution in [0.1, 0.15) is 0 Å². The molecule has 0 radical (unpaired) electrons. The van der Waals surface area contributed by atoms with Gasteiger partial charge < -0.3 is 24.4 Å². The standard InChI is InChI=1S/C19H18N2O5/c1-20-18(22)16-10-21(12-6-2-3-7-13(12)25-16)19(23)17-11-24-14-8-4-5-9-15(14)26-17/h2-9,16-17H,10-11H2,1H3,(H,20,22). The predicted molar refractivity (Wildman–Crippen MR) is 93.6 cm³/mol. The minimum Gasteiger partial charge on any atom is -0.485 e. The van der Waals surface area contributed by atoms with Crippen LogP contribution in [0.15, 0.2) is 48.5 Å². The minimum atomic E-state index is -0.790. The van der Waals surface area contributed by atoms with Gasteiger partial charge in [-0.15, -0.1) is 0 Å². The number of rotatable bonds is 2. The highest BCUT2D eigenvalue weighted by Crippen LogP contribution is 2.36. The molecule has 2 aromatic carbocycles. The average molecular weight is 354 g/mol.